The van der Waals surface area contributed by atoms with Gasteiger partial charge in [-0.3, -0.25) is 4.79 Å². The molecule has 0 radical (unpaired) electrons. The predicted octanol–water partition coefficient (Wildman–Crippen LogP) is 2.43. The van der Waals surface area contributed by atoms with E-state index in [2.05, 4.69) is 5.32 Å². The van der Waals surface area contributed by atoms with Crippen molar-refractivity contribution in [3.8, 4) is 0 Å². The van der Waals surface area contributed by atoms with Gasteiger partial charge in [0.15, 0.2) is 0 Å². The smallest absolute Gasteiger partial charge is 0.249 e. The maximum Gasteiger partial charge on any atom is 0.249 e. The molecular formula is C17H24Cl2N2O3. The number of halogens is 2. The molecule has 3 rings (SSSR count). The van der Waals surface area contributed by atoms with Gasteiger partial charge >= 0.3 is 0 Å². The van der Waals surface area contributed by atoms with Crippen LogP contribution in [0.25, 0.3) is 0 Å². The highest BCUT2D eigenvalue weighted by molar-refractivity contribution is 6.31. The lowest BCUT2D eigenvalue weighted by atomic mass is 10.0. The van der Waals surface area contributed by atoms with E-state index < -0.39 is 0 Å². The minimum absolute atomic E-state index is 0. The largest absolute Gasteiger partial charge is 0.381 e. The zero-order valence-electron chi connectivity index (χ0n) is 13.6. The Morgan fingerprint density at radius 3 is 2.83 bits per heavy atom. The molecule has 0 saturated carbocycles. The van der Waals surface area contributed by atoms with Crippen molar-refractivity contribution in [1.29, 1.82) is 0 Å². The number of benzene rings is 1. The van der Waals surface area contributed by atoms with E-state index >= 15 is 0 Å². The van der Waals surface area contributed by atoms with Crippen LogP contribution < -0.4 is 5.32 Å². The lowest BCUT2D eigenvalue weighted by Gasteiger charge is -2.37. The van der Waals surface area contributed by atoms with Crippen LogP contribution in [0, 0.1) is 0 Å². The minimum Gasteiger partial charge on any atom is -0.381 e. The summed E-state index contributed by atoms with van der Waals surface area (Å²) in [6.45, 7) is 3.75. The Morgan fingerprint density at radius 2 is 2.08 bits per heavy atom. The molecule has 1 N–H and O–H groups in total. The molecule has 5 nitrogen and oxygen atoms in total. The van der Waals surface area contributed by atoms with Crippen LogP contribution in [0.15, 0.2) is 24.3 Å². The van der Waals surface area contributed by atoms with Crippen LogP contribution in [0.2, 0.25) is 5.02 Å². The Hall–Kier alpha value is -0.850. The van der Waals surface area contributed by atoms with Gasteiger partial charge in [-0.1, -0.05) is 29.8 Å². The molecule has 134 valence electrons. The third kappa shape index (κ3) is 4.83. The number of hydrogen-bond donors (Lipinski definition) is 1. The van der Waals surface area contributed by atoms with Crippen molar-refractivity contribution in [3.05, 3.63) is 34.9 Å². The molecule has 0 aliphatic carbocycles. The summed E-state index contributed by atoms with van der Waals surface area (Å²) < 4.78 is 11.1. The maximum absolute atomic E-state index is 12.6. The number of carbonyl (C=O) groups excluding carboxylic acids is 1. The topological polar surface area (TPSA) is 50.8 Å². The average molecular weight is 375 g/mol. The van der Waals surface area contributed by atoms with Crippen LogP contribution in [0.4, 0.5) is 0 Å². The van der Waals surface area contributed by atoms with Gasteiger partial charge in [0.05, 0.1) is 12.1 Å². The van der Waals surface area contributed by atoms with Crippen molar-refractivity contribution in [2.75, 3.05) is 39.5 Å². The third-order valence-electron chi connectivity index (χ3n) is 4.44. The summed E-state index contributed by atoms with van der Waals surface area (Å²) in [6.07, 6.45) is 1.86. The Morgan fingerprint density at radius 1 is 1.33 bits per heavy atom. The van der Waals surface area contributed by atoms with E-state index in [1.807, 2.05) is 29.2 Å². The summed E-state index contributed by atoms with van der Waals surface area (Å²) in [4.78, 5) is 14.5. The van der Waals surface area contributed by atoms with Crippen LogP contribution in [-0.4, -0.2) is 56.4 Å². The first-order valence-corrected chi connectivity index (χ1v) is 8.57. The van der Waals surface area contributed by atoms with Gasteiger partial charge in [-0.15, -0.1) is 12.4 Å². The highest BCUT2D eigenvalue weighted by atomic mass is 35.5. The van der Waals surface area contributed by atoms with E-state index in [1.54, 1.807) is 0 Å². The molecule has 2 heterocycles. The maximum atomic E-state index is 12.6. The Bertz CT molecular complexity index is 538. The van der Waals surface area contributed by atoms with Crippen LogP contribution in [0.5, 0.6) is 0 Å². The van der Waals surface area contributed by atoms with Crippen molar-refractivity contribution < 1.29 is 14.3 Å². The molecule has 7 heteroatoms. The van der Waals surface area contributed by atoms with Crippen molar-refractivity contribution >= 4 is 29.9 Å². The first kappa shape index (κ1) is 19.5. The summed E-state index contributed by atoms with van der Waals surface area (Å²) in [5.74, 6) is 0.0305. The molecule has 0 aromatic heterocycles. The number of piperazine rings is 1. The number of ether oxygens (including phenoxy) is 2. The van der Waals surface area contributed by atoms with E-state index in [4.69, 9.17) is 21.1 Å². The van der Waals surface area contributed by atoms with Gasteiger partial charge in [-0.25, -0.2) is 0 Å². The van der Waals surface area contributed by atoms with Gasteiger partial charge in [-0.2, -0.15) is 0 Å². The Labute approximate surface area is 154 Å². The molecule has 1 aromatic rings. The zero-order chi connectivity index (χ0) is 16.1. The molecule has 24 heavy (non-hydrogen) atoms. The number of nitrogens with one attached hydrogen (secondary N) is 1. The number of hydrogen-bond acceptors (Lipinski definition) is 4. The lowest BCUT2D eigenvalue weighted by molar-refractivity contribution is -0.143. The van der Waals surface area contributed by atoms with E-state index in [9.17, 15) is 4.79 Å². The second-order valence-electron chi connectivity index (χ2n) is 5.95. The van der Waals surface area contributed by atoms with Crippen LogP contribution in [0.3, 0.4) is 0 Å². The van der Waals surface area contributed by atoms with Gasteiger partial charge in [0, 0.05) is 37.9 Å². The number of nitrogens with zero attached hydrogens (tertiary/aromatic N) is 1. The molecule has 1 amide bonds. The Balaban J connectivity index is 0.00000208. The van der Waals surface area contributed by atoms with Gasteiger partial charge in [0.2, 0.25) is 5.91 Å². The summed E-state index contributed by atoms with van der Waals surface area (Å²) in [5.41, 5.74) is 0.987. The standard InChI is InChI=1S/C17H23ClN2O3.ClH/c18-15-4-2-1-3-14(15)16-11-19-7-8-20(16)17(21)12-23-13-5-9-22-10-6-13;/h1-4,13,16,19H,5-12H2;1H. The summed E-state index contributed by atoms with van der Waals surface area (Å²) >= 11 is 6.32. The first-order valence-electron chi connectivity index (χ1n) is 8.19. The molecule has 2 fully saturated rings. The van der Waals surface area contributed by atoms with Crippen LogP contribution >= 0.6 is 24.0 Å². The highest BCUT2D eigenvalue weighted by Gasteiger charge is 2.29. The van der Waals surface area contributed by atoms with Gasteiger partial charge in [0.1, 0.15) is 6.61 Å². The number of carbonyl (C=O) groups is 1. The molecule has 0 spiro atoms. The van der Waals surface area contributed by atoms with Gasteiger partial charge < -0.3 is 19.7 Å². The van der Waals surface area contributed by atoms with Gasteiger partial charge in [0.25, 0.3) is 0 Å². The third-order valence-corrected chi connectivity index (χ3v) is 4.78. The second kappa shape index (κ2) is 9.59. The number of rotatable bonds is 4. The predicted molar refractivity (Wildman–Crippen MR) is 95.8 cm³/mol. The van der Waals surface area contributed by atoms with Crippen molar-refractivity contribution in [2.24, 2.45) is 0 Å². The lowest BCUT2D eigenvalue weighted by Crippen LogP contribution is -2.50. The average Bonchev–Trinajstić information content (AvgIpc) is 2.61. The highest BCUT2D eigenvalue weighted by Crippen LogP contribution is 2.28. The van der Waals surface area contributed by atoms with E-state index in [0.29, 0.717) is 18.1 Å². The van der Waals surface area contributed by atoms with Crippen molar-refractivity contribution in [1.82, 2.24) is 10.2 Å². The van der Waals surface area contributed by atoms with Gasteiger partial charge in [-0.05, 0) is 24.5 Å². The SMILES string of the molecule is Cl.O=C(COC1CCOCC1)N1CCNCC1c1ccccc1Cl. The monoisotopic (exact) mass is 374 g/mol. The molecule has 2 aliphatic rings. The fraction of sp³-hybridized carbons (Fsp3) is 0.588. The second-order valence-corrected chi connectivity index (χ2v) is 6.36. The van der Waals surface area contributed by atoms with E-state index in [1.165, 1.54) is 0 Å². The summed E-state index contributed by atoms with van der Waals surface area (Å²) in [5, 5.41) is 4.04. The first-order chi connectivity index (χ1) is 11.3. The van der Waals surface area contributed by atoms with Crippen LogP contribution in [0.1, 0.15) is 24.4 Å². The molecular weight excluding hydrogens is 351 g/mol. The van der Waals surface area contributed by atoms with E-state index in [0.717, 1.165) is 38.2 Å². The normalized spacial score (nSPS) is 22.0. The van der Waals surface area contributed by atoms with Crippen molar-refractivity contribution in [2.45, 2.75) is 25.0 Å². The summed E-state index contributed by atoms with van der Waals surface area (Å²) in [6, 6.07) is 7.68. The Kier molecular flexibility index (Phi) is 7.78. The summed E-state index contributed by atoms with van der Waals surface area (Å²) in [7, 11) is 0. The minimum atomic E-state index is -0.0387. The number of amides is 1. The molecule has 1 unspecified atom stereocenters. The molecule has 2 saturated heterocycles. The van der Waals surface area contributed by atoms with Crippen LogP contribution in [-0.2, 0) is 14.3 Å². The molecule has 0 bridgehead atoms. The zero-order valence-corrected chi connectivity index (χ0v) is 15.2. The molecule has 1 aromatic carbocycles. The fourth-order valence-corrected chi connectivity index (χ4v) is 3.40. The fourth-order valence-electron chi connectivity index (χ4n) is 3.14. The molecule has 2 aliphatic heterocycles. The van der Waals surface area contributed by atoms with E-state index in [-0.39, 0.29) is 37.1 Å². The molecule has 1 atom stereocenters. The van der Waals surface area contributed by atoms with Crippen molar-refractivity contribution in [3.63, 3.8) is 0 Å². The quantitative estimate of drug-likeness (QED) is 0.878.